The van der Waals surface area contributed by atoms with E-state index in [0.29, 0.717) is 18.6 Å². The monoisotopic (exact) mass is 263 g/mol. The van der Waals surface area contributed by atoms with Crippen LogP contribution in [0.1, 0.15) is 17.0 Å². The summed E-state index contributed by atoms with van der Waals surface area (Å²) < 4.78 is 0. The van der Waals surface area contributed by atoms with Gasteiger partial charge in [0.05, 0.1) is 5.69 Å². The summed E-state index contributed by atoms with van der Waals surface area (Å²) in [5, 5.41) is 1.71. The van der Waals surface area contributed by atoms with Crippen molar-refractivity contribution in [1.82, 2.24) is 4.98 Å². The van der Waals surface area contributed by atoms with Crippen LogP contribution in [-0.2, 0) is 17.6 Å². The van der Waals surface area contributed by atoms with E-state index in [2.05, 4.69) is 4.98 Å². The number of halogens is 1. The number of aryl methyl sites for hydroxylation is 1. The second-order valence-corrected chi connectivity index (χ2v) is 5.63. The summed E-state index contributed by atoms with van der Waals surface area (Å²) in [4.78, 5) is 17.1. The highest BCUT2D eigenvalue weighted by molar-refractivity contribution is 7.15. The van der Waals surface area contributed by atoms with Crippen LogP contribution in [0, 0.1) is 0 Å². The van der Waals surface area contributed by atoms with Crippen LogP contribution in [0.5, 0.6) is 0 Å². The molecule has 17 heavy (non-hydrogen) atoms. The largest absolute Gasteiger partial charge is 0.299 e. The molecular formula is C13H10ClNOS. The minimum absolute atomic E-state index is 0.323. The minimum atomic E-state index is 0.323. The molecule has 0 saturated heterocycles. The van der Waals surface area contributed by atoms with Crippen molar-refractivity contribution in [2.75, 3.05) is 0 Å². The summed E-state index contributed by atoms with van der Waals surface area (Å²) in [6.45, 7) is 0. The van der Waals surface area contributed by atoms with E-state index in [4.69, 9.17) is 11.6 Å². The van der Waals surface area contributed by atoms with Gasteiger partial charge in [0.2, 0.25) is 0 Å². The Morgan fingerprint density at radius 2 is 1.94 bits per heavy atom. The Morgan fingerprint density at radius 1 is 1.18 bits per heavy atom. The predicted octanol–water partition coefficient (Wildman–Crippen LogP) is 3.52. The van der Waals surface area contributed by atoms with Crippen molar-refractivity contribution in [2.45, 2.75) is 19.3 Å². The molecule has 0 radical (unpaired) electrons. The van der Waals surface area contributed by atoms with Crippen LogP contribution in [0.25, 0.3) is 10.6 Å². The van der Waals surface area contributed by atoms with Gasteiger partial charge in [-0.2, -0.15) is 0 Å². The molecule has 0 saturated carbocycles. The van der Waals surface area contributed by atoms with Gasteiger partial charge in [0, 0.05) is 28.3 Å². The molecule has 86 valence electrons. The zero-order chi connectivity index (χ0) is 11.8. The number of Topliss-reactive ketones (excluding diaryl/α,β-unsaturated/α-hetero) is 1. The molecule has 0 aliphatic heterocycles. The van der Waals surface area contributed by atoms with Gasteiger partial charge in [0.1, 0.15) is 10.8 Å². The van der Waals surface area contributed by atoms with Crippen LogP contribution >= 0.6 is 22.9 Å². The van der Waals surface area contributed by atoms with Crippen LogP contribution < -0.4 is 0 Å². The smallest absolute Gasteiger partial charge is 0.138 e. The van der Waals surface area contributed by atoms with Crippen LogP contribution in [-0.4, -0.2) is 10.8 Å². The van der Waals surface area contributed by atoms with E-state index in [1.54, 1.807) is 11.3 Å². The van der Waals surface area contributed by atoms with E-state index in [1.807, 2.05) is 24.3 Å². The molecule has 0 spiro atoms. The maximum absolute atomic E-state index is 11.4. The number of nitrogens with zero attached hydrogens (tertiary/aromatic N) is 1. The SMILES string of the molecule is O=C1CCc2nc(-c3ccc(Cl)cc3)sc2C1. The van der Waals surface area contributed by atoms with Crippen LogP contribution in [0.4, 0.5) is 0 Å². The molecule has 1 aliphatic rings. The first kappa shape index (κ1) is 10.9. The van der Waals surface area contributed by atoms with Crippen molar-refractivity contribution in [1.29, 1.82) is 0 Å². The van der Waals surface area contributed by atoms with Gasteiger partial charge in [-0.25, -0.2) is 4.98 Å². The second kappa shape index (κ2) is 4.24. The van der Waals surface area contributed by atoms with E-state index in [0.717, 1.165) is 32.6 Å². The summed E-state index contributed by atoms with van der Waals surface area (Å²) >= 11 is 7.48. The summed E-state index contributed by atoms with van der Waals surface area (Å²) in [6, 6.07) is 7.66. The Balaban J connectivity index is 1.99. The third-order valence-corrected chi connectivity index (χ3v) is 4.27. The number of hydrogen-bond acceptors (Lipinski definition) is 3. The van der Waals surface area contributed by atoms with E-state index < -0.39 is 0 Å². The van der Waals surface area contributed by atoms with Gasteiger partial charge in [0.25, 0.3) is 0 Å². The predicted molar refractivity (Wildman–Crippen MR) is 69.6 cm³/mol. The highest BCUT2D eigenvalue weighted by Crippen LogP contribution is 2.32. The third kappa shape index (κ3) is 2.13. The normalized spacial score (nSPS) is 14.8. The van der Waals surface area contributed by atoms with Gasteiger partial charge < -0.3 is 0 Å². The third-order valence-electron chi connectivity index (χ3n) is 2.87. The average Bonchev–Trinajstić information content (AvgIpc) is 2.72. The first-order valence-electron chi connectivity index (χ1n) is 5.48. The van der Waals surface area contributed by atoms with E-state index in [9.17, 15) is 4.79 Å². The number of ketones is 1. The lowest BCUT2D eigenvalue weighted by Gasteiger charge is -2.06. The number of carbonyl (C=O) groups excluding carboxylic acids is 1. The Kier molecular flexibility index (Phi) is 2.73. The summed E-state index contributed by atoms with van der Waals surface area (Å²) in [5.41, 5.74) is 2.17. The molecule has 2 aromatic rings. The molecule has 0 unspecified atom stereocenters. The minimum Gasteiger partial charge on any atom is -0.299 e. The number of aromatic nitrogens is 1. The fourth-order valence-corrected chi connectivity index (χ4v) is 3.23. The fraction of sp³-hybridized carbons (Fsp3) is 0.231. The van der Waals surface area contributed by atoms with Crippen molar-refractivity contribution in [3.8, 4) is 10.6 Å². The van der Waals surface area contributed by atoms with Crippen molar-refractivity contribution in [3.63, 3.8) is 0 Å². The van der Waals surface area contributed by atoms with Gasteiger partial charge in [-0.05, 0) is 18.6 Å². The average molecular weight is 264 g/mol. The Bertz CT molecular complexity index is 574. The highest BCUT2D eigenvalue weighted by Gasteiger charge is 2.20. The number of benzene rings is 1. The topological polar surface area (TPSA) is 30.0 Å². The summed E-state index contributed by atoms with van der Waals surface area (Å²) in [6.07, 6.45) is 1.98. The lowest BCUT2D eigenvalue weighted by molar-refractivity contribution is -0.118. The zero-order valence-electron chi connectivity index (χ0n) is 9.07. The Labute approximate surface area is 108 Å². The molecule has 1 heterocycles. The molecule has 0 atom stereocenters. The number of fused-ring (bicyclic) bond motifs is 1. The fourth-order valence-electron chi connectivity index (χ4n) is 1.96. The Hall–Kier alpha value is -1.19. The first-order valence-corrected chi connectivity index (χ1v) is 6.68. The van der Waals surface area contributed by atoms with Gasteiger partial charge >= 0.3 is 0 Å². The molecule has 0 amide bonds. The Morgan fingerprint density at radius 3 is 2.71 bits per heavy atom. The second-order valence-electron chi connectivity index (χ2n) is 4.11. The van der Waals surface area contributed by atoms with Crippen molar-refractivity contribution in [2.24, 2.45) is 0 Å². The van der Waals surface area contributed by atoms with Gasteiger partial charge in [-0.15, -0.1) is 11.3 Å². The first-order chi connectivity index (χ1) is 8.22. The molecule has 1 aromatic carbocycles. The zero-order valence-corrected chi connectivity index (χ0v) is 10.6. The molecule has 1 aliphatic carbocycles. The van der Waals surface area contributed by atoms with Crippen LogP contribution in [0.2, 0.25) is 5.02 Å². The maximum Gasteiger partial charge on any atom is 0.138 e. The number of hydrogen-bond donors (Lipinski definition) is 0. The van der Waals surface area contributed by atoms with E-state index >= 15 is 0 Å². The van der Waals surface area contributed by atoms with E-state index in [1.165, 1.54) is 0 Å². The van der Waals surface area contributed by atoms with Gasteiger partial charge in [0.15, 0.2) is 0 Å². The lowest BCUT2D eigenvalue weighted by atomic mass is 10.0. The highest BCUT2D eigenvalue weighted by atomic mass is 35.5. The van der Waals surface area contributed by atoms with E-state index in [-0.39, 0.29) is 0 Å². The summed E-state index contributed by atoms with van der Waals surface area (Å²) in [7, 11) is 0. The van der Waals surface area contributed by atoms with Crippen molar-refractivity contribution < 1.29 is 4.79 Å². The molecule has 3 rings (SSSR count). The lowest BCUT2D eigenvalue weighted by Crippen LogP contribution is -2.11. The maximum atomic E-state index is 11.4. The molecular weight excluding hydrogens is 254 g/mol. The van der Waals surface area contributed by atoms with Crippen molar-refractivity contribution >= 4 is 28.7 Å². The number of thiazole rings is 1. The summed E-state index contributed by atoms with van der Waals surface area (Å²) in [5.74, 6) is 0.323. The molecule has 0 N–H and O–H groups in total. The van der Waals surface area contributed by atoms with Gasteiger partial charge in [-0.1, -0.05) is 23.7 Å². The number of carbonyl (C=O) groups is 1. The quantitative estimate of drug-likeness (QED) is 0.788. The standard InChI is InChI=1S/C13H10ClNOS/c14-9-3-1-8(2-4-9)13-15-11-6-5-10(16)7-12(11)17-13/h1-4H,5-7H2. The molecule has 2 nitrogen and oxygen atoms in total. The van der Waals surface area contributed by atoms with Crippen LogP contribution in [0.3, 0.4) is 0 Å². The molecule has 4 heteroatoms. The molecule has 0 fully saturated rings. The van der Waals surface area contributed by atoms with Gasteiger partial charge in [-0.3, -0.25) is 4.79 Å². The number of rotatable bonds is 1. The van der Waals surface area contributed by atoms with Crippen LogP contribution in [0.15, 0.2) is 24.3 Å². The molecule has 1 aromatic heterocycles. The van der Waals surface area contributed by atoms with Crippen molar-refractivity contribution in [3.05, 3.63) is 39.9 Å². The molecule has 0 bridgehead atoms.